The second-order valence-corrected chi connectivity index (χ2v) is 4.63. The summed E-state index contributed by atoms with van der Waals surface area (Å²) in [4.78, 5) is 26.7. The van der Waals surface area contributed by atoms with Gasteiger partial charge in [-0.3, -0.25) is 14.5 Å². The summed E-state index contributed by atoms with van der Waals surface area (Å²) in [5.41, 5.74) is 0.750. The van der Waals surface area contributed by atoms with Gasteiger partial charge in [0.1, 0.15) is 12.1 Å². The average Bonchev–Trinajstić information content (AvgIpc) is 2.89. The van der Waals surface area contributed by atoms with Crippen LogP contribution in [-0.2, 0) is 9.59 Å². The largest absolute Gasteiger partial charge is 0.440 e. The number of nitrogens with zero attached hydrogens (tertiary/aromatic N) is 2. The Morgan fingerprint density at radius 2 is 2.10 bits per heavy atom. The van der Waals surface area contributed by atoms with Crippen LogP contribution in [-0.4, -0.2) is 36.3 Å². The van der Waals surface area contributed by atoms with Gasteiger partial charge < -0.3 is 9.32 Å². The maximum atomic E-state index is 12.1. The van der Waals surface area contributed by atoms with E-state index in [1.165, 1.54) is 11.0 Å². The third-order valence-corrected chi connectivity index (χ3v) is 3.39. The lowest BCUT2D eigenvalue weighted by Gasteiger charge is -2.32. The highest BCUT2D eigenvalue weighted by Gasteiger charge is 2.28. The Balaban J connectivity index is 1.83. The van der Waals surface area contributed by atoms with Gasteiger partial charge in [0.05, 0.1) is 0 Å². The lowest BCUT2D eigenvalue weighted by Crippen LogP contribution is -2.52. The van der Waals surface area contributed by atoms with Gasteiger partial charge in [-0.25, -0.2) is 0 Å². The molecule has 0 aliphatic carbocycles. The molecule has 102 valence electrons. The molecule has 1 aromatic carbocycles. The number of carbonyl (C=O) groups is 2. The molecule has 1 aliphatic heterocycles. The van der Waals surface area contributed by atoms with Crippen molar-refractivity contribution in [1.82, 2.24) is 4.90 Å². The quantitative estimate of drug-likeness (QED) is 0.782. The number of piperazine rings is 1. The smallest absolute Gasteiger partial charge is 0.248 e. The number of rotatable bonds is 2. The fourth-order valence-corrected chi connectivity index (χ4v) is 2.32. The standard InChI is InChI=1S/C15H14N2O3/c1-2-13(18)16-7-8-17(14(19)10-16)15-9-11-5-3-4-6-12(11)20-15/h2-6,9H,1,7-8,10H2. The van der Waals surface area contributed by atoms with Crippen LogP contribution in [0.25, 0.3) is 11.0 Å². The van der Waals surface area contributed by atoms with E-state index in [9.17, 15) is 9.59 Å². The number of hydrogen-bond donors (Lipinski definition) is 0. The molecule has 2 aromatic rings. The van der Waals surface area contributed by atoms with E-state index >= 15 is 0 Å². The molecule has 5 heteroatoms. The molecule has 0 N–H and O–H groups in total. The minimum Gasteiger partial charge on any atom is -0.440 e. The zero-order valence-corrected chi connectivity index (χ0v) is 10.9. The first-order valence-electron chi connectivity index (χ1n) is 6.39. The SMILES string of the molecule is C=CC(=O)N1CCN(c2cc3ccccc3o2)C(=O)C1. The normalized spacial score (nSPS) is 15.7. The first-order chi connectivity index (χ1) is 9.69. The lowest BCUT2D eigenvalue weighted by molar-refractivity contribution is -0.133. The Hall–Kier alpha value is -2.56. The zero-order chi connectivity index (χ0) is 14.1. The van der Waals surface area contributed by atoms with Crippen molar-refractivity contribution in [1.29, 1.82) is 0 Å². The summed E-state index contributed by atoms with van der Waals surface area (Å²) in [6, 6.07) is 9.45. The number of furan rings is 1. The van der Waals surface area contributed by atoms with Crippen molar-refractivity contribution >= 4 is 28.7 Å². The van der Waals surface area contributed by atoms with Crippen molar-refractivity contribution in [2.24, 2.45) is 0 Å². The first-order valence-corrected chi connectivity index (χ1v) is 6.39. The highest BCUT2D eigenvalue weighted by Crippen LogP contribution is 2.26. The van der Waals surface area contributed by atoms with Gasteiger partial charge in [0.15, 0.2) is 0 Å². The maximum Gasteiger partial charge on any atom is 0.248 e. The van der Waals surface area contributed by atoms with E-state index in [1.807, 2.05) is 30.3 Å². The number of para-hydroxylation sites is 1. The van der Waals surface area contributed by atoms with Crippen LogP contribution in [0.4, 0.5) is 5.88 Å². The molecule has 0 spiro atoms. The van der Waals surface area contributed by atoms with Crippen LogP contribution in [0.2, 0.25) is 0 Å². The molecule has 2 amide bonds. The second kappa shape index (κ2) is 4.85. The molecule has 20 heavy (non-hydrogen) atoms. The Kier molecular flexibility index (Phi) is 3.02. The van der Waals surface area contributed by atoms with Crippen LogP contribution < -0.4 is 4.90 Å². The third kappa shape index (κ3) is 2.07. The van der Waals surface area contributed by atoms with Gasteiger partial charge in [-0.1, -0.05) is 24.8 Å². The molecule has 3 rings (SSSR count). The average molecular weight is 270 g/mol. The van der Waals surface area contributed by atoms with Crippen LogP contribution in [0.15, 0.2) is 47.4 Å². The maximum absolute atomic E-state index is 12.1. The number of benzene rings is 1. The number of fused-ring (bicyclic) bond motifs is 1. The Labute approximate surface area is 116 Å². The van der Waals surface area contributed by atoms with Crippen LogP contribution in [0, 0.1) is 0 Å². The predicted molar refractivity (Wildman–Crippen MR) is 75.3 cm³/mol. The summed E-state index contributed by atoms with van der Waals surface area (Å²) in [5, 5.41) is 0.958. The Morgan fingerprint density at radius 3 is 2.80 bits per heavy atom. The van der Waals surface area contributed by atoms with Gasteiger partial charge >= 0.3 is 0 Å². The molecule has 0 atom stereocenters. The van der Waals surface area contributed by atoms with E-state index in [4.69, 9.17) is 4.42 Å². The van der Waals surface area contributed by atoms with Crippen LogP contribution in [0.1, 0.15) is 0 Å². The van der Waals surface area contributed by atoms with Crippen LogP contribution in [0.5, 0.6) is 0 Å². The highest BCUT2D eigenvalue weighted by atomic mass is 16.4. The van der Waals surface area contributed by atoms with Gasteiger partial charge in [-0.15, -0.1) is 0 Å². The van der Waals surface area contributed by atoms with Gasteiger partial charge in [0, 0.05) is 24.5 Å². The zero-order valence-electron chi connectivity index (χ0n) is 10.9. The van der Waals surface area contributed by atoms with E-state index in [0.29, 0.717) is 19.0 Å². The Morgan fingerprint density at radius 1 is 1.30 bits per heavy atom. The van der Waals surface area contributed by atoms with Gasteiger partial charge in [0.25, 0.3) is 0 Å². The number of anilines is 1. The van der Waals surface area contributed by atoms with Crippen LogP contribution >= 0.6 is 0 Å². The summed E-state index contributed by atoms with van der Waals surface area (Å²) in [6.45, 7) is 4.40. The molecule has 2 heterocycles. The number of carbonyl (C=O) groups excluding carboxylic acids is 2. The predicted octanol–water partition coefficient (Wildman–Crippen LogP) is 1.79. The van der Waals surface area contributed by atoms with Crippen LogP contribution in [0.3, 0.4) is 0 Å². The molecular weight excluding hydrogens is 256 g/mol. The fourth-order valence-electron chi connectivity index (χ4n) is 2.32. The molecule has 0 unspecified atom stereocenters. The fraction of sp³-hybridized carbons (Fsp3) is 0.200. The molecule has 1 aromatic heterocycles. The number of hydrogen-bond acceptors (Lipinski definition) is 3. The first kappa shape index (κ1) is 12.5. The van der Waals surface area contributed by atoms with Gasteiger partial charge in [-0.2, -0.15) is 0 Å². The van der Waals surface area contributed by atoms with Gasteiger partial charge in [0.2, 0.25) is 17.7 Å². The second-order valence-electron chi connectivity index (χ2n) is 4.63. The van der Waals surface area contributed by atoms with E-state index in [-0.39, 0.29) is 18.4 Å². The Bertz CT molecular complexity index is 656. The van der Waals surface area contributed by atoms with Crippen molar-refractivity contribution in [2.45, 2.75) is 0 Å². The van der Waals surface area contributed by atoms with E-state index in [2.05, 4.69) is 6.58 Å². The van der Waals surface area contributed by atoms with Crippen molar-refractivity contribution in [2.75, 3.05) is 24.5 Å². The summed E-state index contributed by atoms with van der Waals surface area (Å²) in [7, 11) is 0. The minimum atomic E-state index is -0.220. The monoisotopic (exact) mass is 270 g/mol. The van der Waals surface area contributed by atoms with Crippen molar-refractivity contribution in [3.63, 3.8) is 0 Å². The van der Waals surface area contributed by atoms with Crippen molar-refractivity contribution in [3.05, 3.63) is 43.0 Å². The van der Waals surface area contributed by atoms with Crippen molar-refractivity contribution in [3.8, 4) is 0 Å². The molecule has 5 nitrogen and oxygen atoms in total. The van der Waals surface area contributed by atoms with E-state index < -0.39 is 0 Å². The lowest BCUT2D eigenvalue weighted by atomic mass is 10.2. The molecule has 1 fully saturated rings. The minimum absolute atomic E-state index is 0.0574. The summed E-state index contributed by atoms with van der Waals surface area (Å²) < 4.78 is 5.68. The highest BCUT2D eigenvalue weighted by molar-refractivity contribution is 5.99. The van der Waals surface area contributed by atoms with E-state index in [1.54, 1.807) is 4.90 Å². The topological polar surface area (TPSA) is 53.8 Å². The number of amides is 2. The molecule has 0 saturated carbocycles. The van der Waals surface area contributed by atoms with E-state index in [0.717, 1.165) is 11.0 Å². The van der Waals surface area contributed by atoms with Crippen molar-refractivity contribution < 1.29 is 14.0 Å². The molecule has 0 bridgehead atoms. The summed E-state index contributed by atoms with van der Waals surface area (Å²) in [5.74, 6) is 0.162. The third-order valence-electron chi connectivity index (χ3n) is 3.39. The molecule has 1 saturated heterocycles. The summed E-state index contributed by atoms with van der Waals surface area (Å²) in [6.07, 6.45) is 1.23. The summed E-state index contributed by atoms with van der Waals surface area (Å²) >= 11 is 0. The van der Waals surface area contributed by atoms with Gasteiger partial charge in [-0.05, 0) is 12.1 Å². The molecule has 1 aliphatic rings. The molecule has 0 radical (unpaired) electrons. The molecular formula is C15H14N2O3.